The predicted octanol–water partition coefficient (Wildman–Crippen LogP) is 3.89. The molecule has 2 aromatic carbocycles. The molecule has 3 aromatic rings. The summed E-state index contributed by atoms with van der Waals surface area (Å²) in [6.07, 6.45) is 0.356. The molecule has 1 unspecified atom stereocenters. The Morgan fingerprint density at radius 3 is 2.62 bits per heavy atom. The number of carbonyl (C=O) groups is 2. The Hall–Kier alpha value is -3.13. The van der Waals surface area contributed by atoms with E-state index in [9.17, 15) is 14.7 Å². The monoisotopic (exact) mass is 414 g/mol. The van der Waals surface area contributed by atoms with Gasteiger partial charge in [-0.15, -0.1) is 0 Å². The van der Waals surface area contributed by atoms with E-state index in [2.05, 4.69) is 4.99 Å². The van der Waals surface area contributed by atoms with Gasteiger partial charge in [-0.2, -0.15) is 4.99 Å². The van der Waals surface area contributed by atoms with Crippen LogP contribution in [0.15, 0.2) is 47.5 Å². The zero-order chi connectivity index (χ0) is 21.0. The number of rotatable bonds is 7. The van der Waals surface area contributed by atoms with Gasteiger partial charge in [-0.1, -0.05) is 24.3 Å². The third-order valence-corrected chi connectivity index (χ3v) is 5.42. The highest BCUT2D eigenvalue weighted by atomic mass is 32.1. The molecule has 29 heavy (non-hydrogen) atoms. The first kappa shape index (κ1) is 20.6. The van der Waals surface area contributed by atoms with E-state index in [4.69, 9.17) is 9.47 Å². The second kappa shape index (κ2) is 8.91. The fraction of sp³-hybridized carbons (Fsp3) is 0.286. The summed E-state index contributed by atoms with van der Waals surface area (Å²) in [6, 6.07) is 11.3. The Labute approximate surface area is 171 Å². The summed E-state index contributed by atoms with van der Waals surface area (Å²) in [5, 5.41) is 9.70. The molecule has 1 N–H and O–H groups in total. The largest absolute Gasteiger partial charge is 0.497 e. The number of ether oxygens (including phenoxy) is 2. The van der Waals surface area contributed by atoms with E-state index in [-0.39, 0.29) is 0 Å². The lowest BCUT2D eigenvalue weighted by atomic mass is 10.2. The molecule has 0 aliphatic carbocycles. The number of aliphatic carboxylic acids is 1. The Kier molecular flexibility index (Phi) is 6.33. The maximum absolute atomic E-state index is 12.8. The van der Waals surface area contributed by atoms with Crippen LogP contribution in [0.25, 0.3) is 10.2 Å². The van der Waals surface area contributed by atoms with Gasteiger partial charge in [0.1, 0.15) is 17.5 Å². The van der Waals surface area contributed by atoms with E-state index in [0.29, 0.717) is 40.4 Å². The van der Waals surface area contributed by atoms with Crippen LogP contribution in [0.4, 0.5) is 0 Å². The van der Waals surface area contributed by atoms with Crippen LogP contribution >= 0.6 is 11.3 Å². The van der Waals surface area contributed by atoms with Crippen LogP contribution in [0, 0.1) is 0 Å². The van der Waals surface area contributed by atoms with E-state index < -0.39 is 17.9 Å². The van der Waals surface area contributed by atoms with E-state index >= 15 is 0 Å². The first-order valence-electron chi connectivity index (χ1n) is 9.22. The third-order valence-electron chi connectivity index (χ3n) is 4.41. The molecule has 0 saturated carbocycles. The van der Waals surface area contributed by atoms with E-state index in [1.54, 1.807) is 47.9 Å². The van der Waals surface area contributed by atoms with E-state index in [0.717, 1.165) is 4.70 Å². The van der Waals surface area contributed by atoms with E-state index in [1.165, 1.54) is 18.4 Å². The van der Waals surface area contributed by atoms with Gasteiger partial charge in [-0.05, 0) is 49.7 Å². The molecule has 0 spiro atoms. The minimum Gasteiger partial charge on any atom is -0.497 e. The summed E-state index contributed by atoms with van der Waals surface area (Å²) < 4.78 is 13.1. The van der Waals surface area contributed by atoms with E-state index in [1.807, 2.05) is 13.0 Å². The second-order valence-corrected chi connectivity index (χ2v) is 7.24. The molecular weight excluding hydrogens is 392 g/mol. The topological polar surface area (TPSA) is 90.1 Å². The molecule has 1 aromatic heterocycles. The average molecular weight is 414 g/mol. The molecule has 1 amide bonds. The van der Waals surface area contributed by atoms with Gasteiger partial charge in [-0.3, -0.25) is 4.79 Å². The average Bonchev–Trinajstić information content (AvgIpc) is 3.05. The lowest BCUT2D eigenvalue weighted by Crippen LogP contribution is -2.27. The van der Waals surface area contributed by atoms with Gasteiger partial charge in [0.15, 0.2) is 4.80 Å². The number of thiazole rings is 1. The van der Waals surface area contributed by atoms with Crippen molar-refractivity contribution < 1.29 is 24.2 Å². The summed E-state index contributed by atoms with van der Waals surface area (Å²) in [5.74, 6) is -0.207. The van der Waals surface area contributed by atoms with Crippen LogP contribution in [0.2, 0.25) is 0 Å². The molecular formula is C21H22N2O5S. The van der Waals surface area contributed by atoms with Crippen molar-refractivity contribution in [3.05, 3.63) is 52.8 Å². The molecule has 1 heterocycles. The number of carboxylic acid groups (broad SMARTS) is 1. The van der Waals surface area contributed by atoms with Crippen molar-refractivity contribution in [3.8, 4) is 11.5 Å². The van der Waals surface area contributed by atoms with Gasteiger partial charge in [0.25, 0.3) is 5.91 Å². The zero-order valence-electron chi connectivity index (χ0n) is 16.4. The van der Waals surface area contributed by atoms with Crippen molar-refractivity contribution >= 4 is 33.4 Å². The summed E-state index contributed by atoms with van der Waals surface area (Å²) in [6.45, 7) is 4.20. The molecule has 0 saturated heterocycles. The molecule has 0 aliphatic rings. The number of aromatic nitrogens is 1. The molecule has 7 nitrogen and oxygen atoms in total. The van der Waals surface area contributed by atoms with Gasteiger partial charge in [0.2, 0.25) is 0 Å². The first-order valence-corrected chi connectivity index (χ1v) is 10.0. The molecule has 152 valence electrons. The van der Waals surface area contributed by atoms with Gasteiger partial charge >= 0.3 is 5.97 Å². The number of fused-ring (bicyclic) bond motifs is 1. The standard InChI is InChI=1S/C21H22N2O5S/c1-4-16(20(25)26)23-17-10-9-15(28-5-2)12-18(17)29-21(23)22-19(24)13-7-6-8-14(11-13)27-3/h6-12,16H,4-5H2,1-3H3,(H,25,26). The molecule has 1 atom stereocenters. The maximum atomic E-state index is 12.8. The minimum absolute atomic E-state index is 0.329. The van der Waals surface area contributed by atoms with Crippen LogP contribution in [0.5, 0.6) is 11.5 Å². The Morgan fingerprint density at radius 1 is 1.17 bits per heavy atom. The first-order chi connectivity index (χ1) is 14.0. The van der Waals surface area contributed by atoms with Crippen molar-refractivity contribution in [2.75, 3.05) is 13.7 Å². The van der Waals surface area contributed by atoms with Crippen LogP contribution in [0.1, 0.15) is 36.7 Å². The summed E-state index contributed by atoms with van der Waals surface area (Å²) in [7, 11) is 1.52. The Morgan fingerprint density at radius 2 is 1.97 bits per heavy atom. The van der Waals surface area contributed by atoms with Crippen LogP contribution in [-0.4, -0.2) is 35.3 Å². The smallest absolute Gasteiger partial charge is 0.326 e. The van der Waals surface area contributed by atoms with Gasteiger partial charge in [0, 0.05) is 5.56 Å². The fourth-order valence-electron chi connectivity index (χ4n) is 3.04. The number of carboxylic acids is 1. The highest BCUT2D eigenvalue weighted by Crippen LogP contribution is 2.27. The highest BCUT2D eigenvalue weighted by Gasteiger charge is 2.22. The van der Waals surface area contributed by atoms with Crippen molar-refractivity contribution in [1.29, 1.82) is 0 Å². The normalized spacial score (nSPS) is 12.7. The van der Waals surface area contributed by atoms with Crippen LogP contribution < -0.4 is 14.3 Å². The molecule has 0 aliphatic heterocycles. The second-order valence-electron chi connectivity index (χ2n) is 6.23. The third kappa shape index (κ3) is 4.32. The van der Waals surface area contributed by atoms with Crippen molar-refractivity contribution in [1.82, 2.24) is 4.57 Å². The number of nitrogens with zero attached hydrogens (tertiary/aromatic N) is 2. The van der Waals surface area contributed by atoms with Gasteiger partial charge < -0.3 is 19.1 Å². The van der Waals surface area contributed by atoms with Crippen molar-refractivity contribution in [3.63, 3.8) is 0 Å². The van der Waals surface area contributed by atoms with Crippen LogP contribution in [-0.2, 0) is 4.79 Å². The maximum Gasteiger partial charge on any atom is 0.326 e. The highest BCUT2D eigenvalue weighted by molar-refractivity contribution is 7.16. The Bertz CT molecular complexity index is 1120. The number of amides is 1. The number of methoxy groups -OCH3 is 1. The molecule has 8 heteroatoms. The molecule has 0 radical (unpaired) electrons. The fourth-order valence-corrected chi connectivity index (χ4v) is 4.13. The summed E-state index contributed by atoms with van der Waals surface area (Å²) in [4.78, 5) is 29.2. The summed E-state index contributed by atoms with van der Waals surface area (Å²) >= 11 is 1.26. The molecule has 0 fully saturated rings. The summed E-state index contributed by atoms with van der Waals surface area (Å²) in [5.41, 5.74) is 1.07. The molecule has 0 bridgehead atoms. The quantitative estimate of drug-likeness (QED) is 0.633. The van der Waals surface area contributed by atoms with Gasteiger partial charge in [0.05, 0.1) is 23.9 Å². The number of hydrogen-bond donors (Lipinski definition) is 1. The predicted molar refractivity (Wildman–Crippen MR) is 111 cm³/mol. The van der Waals surface area contributed by atoms with Gasteiger partial charge in [-0.25, -0.2) is 4.79 Å². The SMILES string of the molecule is CCOc1ccc2c(c1)sc(=NC(=O)c1cccc(OC)c1)n2C(CC)C(=O)O. The lowest BCUT2D eigenvalue weighted by Gasteiger charge is -2.13. The van der Waals surface area contributed by atoms with Crippen molar-refractivity contribution in [2.24, 2.45) is 4.99 Å². The lowest BCUT2D eigenvalue weighted by molar-refractivity contribution is -0.140. The zero-order valence-corrected chi connectivity index (χ0v) is 17.2. The minimum atomic E-state index is -0.976. The van der Waals surface area contributed by atoms with Crippen molar-refractivity contribution in [2.45, 2.75) is 26.3 Å². The Balaban J connectivity index is 2.19. The number of carbonyl (C=O) groups excluding carboxylic acids is 1. The van der Waals surface area contributed by atoms with Crippen LogP contribution in [0.3, 0.4) is 0 Å². The number of hydrogen-bond acceptors (Lipinski definition) is 5. The number of benzene rings is 2. The molecule has 3 rings (SSSR count).